The van der Waals surface area contributed by atoms with Crippen LogP contribution in [0.15, 0.2) is 30.7 Å². The van der Waals surface area contributed by atoms with Gasteiger partial charge < -0.3 is 4.98 Å². The number of hydrogen-bond acceptors (Lipinski definition) is 3. The summed E-state index contributed by atoms with van der Waals surface area (Å²) in [4.78, 5) is 11.1. The molecule has 0 atom stereocenters. The van der Waals surface area contributed by atoms with Crippen molar-refractivity contribution in [2.45, 2.75) is 6.92 Å². The van der Waals surface area contributed by atoms with E-state index in [9.17, 15) is 0 Å². The van der Waals surface area contributed by atoms with Gasteiger partial charge in [-0.3, -0.25) is 4.98 Å². The molecule has 70 valence electrons. The molecule has 3 nitrogen and oxygen atoms in total. The molecular formula is C10H9N3S. The van der Waals surface area contributed by atoms with E-state index < -0.39 is 0 Å². The van der Waals surface area contributed by atoms with E-state index in [2.05, 4.69) is 15.0 Å². The van der Waals surface area contributed by atoms with Crippen molar-refractivity contribution in [3.63, 3.8) is 0 Å². The van der Waals surface area contributed by atoms with Crippen LogP contribution in [-0.4, -0.2) is 15.0 Å². The third-order valence-corrected chi connectivity index (χ3v) is 2.07. The molecule has 0 radical (unpaired) electrons. The van der Waals surface area contributed by atoms with Gasteiger partial charge in [0.25, 0.3) is 0 Å². The molecule has 2 aromatic heterocycles. The van der Waals surface area contributed by atoms with Crippen molar-refractivity contribution >= 4 is 12.2 Å². The molecule has 0 saturated heterocycles. The minimum atomic E-state index is 0.490. The van der Waals surface area contributed by atoms with Gasteiger partial charge in [0.15, 0.2) is 4.77 Å². The molecule has 0 unspecified atom stereocenters. The smallest absolute Gasteiger partial charge is 0.197 e. The summed E-state index contributed by atoms with van der Waals surface area (Å²) in [6, 6.07) is 3.93. The Labute approximate surface area is 86.9 Å². The highest BCUT2D eigenvalue weighted by Crippen LogP contribution is 2.15. The molecule has 0 bridgehead atoms. The molecule has 4 heteroatoms. The first-order chi connectivity index (χ1) is 6.75. The number of H-pyrrole nitrogens is 1. The number of aryl methyl sites for hydroxylation is 1. The van der Waals surface area contributed by atoms with Crippen molar-refractivity contribution in [1.82, 2.24) is 15.0 Å². The van der Waals surface area contributed by atoms with Gasteiger partial charge in [0.1, 0.15) is 0 Å². The van der Waals surface area contributed by atoms with Gasteiger partial charge in [-0.25, -0.2) is 4.98 Å². The predicted octanol–water partition coefficient (Wildman–Crippen LogP) is 2.51. The Kier molecular flexibility index (Phi) is 2.37. The van der Waals surface area contributed by atoms with Crippen LogP contribution in [0.2, 0.25) is 0 Å². The van der Waals surface area contributed by atoms with Gasteiger partial charge in [-0.2, -0.15) is 0 Å². The standard InChI is InChI=1S/C10H9N3S/c1-7-4-8(6-11-5-7)9-2-3-12-10(14)13-9/h2-6H,1H3,(H,12,13,14). The molecule has 2 heterocycles. The number of nitrogens with one attached hydrogen (secondary N) is 1. The van der Waals surface area contributed by atoms with Crippen molar-refractivity contribution in [1.29, 1.82) is 0 Å². The molecule has 2 rings (SSSR count). The van der Waals surface area contributed by atoms with Crippen molar-refractivity contribution in [3.8, 4) is 11.3 Å². The quantitative estimate of drug-likeness (QED) is 0.724. The maximum Gasteiger partial charge on any atom is 0.197 e. The normalized spacial score (nSPS) is 10.1. The van der Waals surface area contributed by atoms with Crippen LogP contribution >= 0.6 is 12.2 Å². The van der Waals surface area contributed by atoms with E-state index in [0.717, 1.165) is 16.8 Å². The second-order valence-corrected chi connectivity index (χ2v) is 3.43. The van der Waals surface area contributed by atoms with E-state index in [1.165, 1.54) is 0 Å². The summed E-state index contributed by atoms with van der Waals surface area (Å²) in [7, 11) is 0. The molecule has 0 aliphatic rings. The zero-order valence-corrected chi connectivity index (χ0v) is 8.51. The first-order valence-electron chi connectivity index (χ1n) is 4.23. The van der Waals surface area contributed by atoms with Crippen molar-refractivity contribution < 1.29 is 0 Å². The van der Waals surface area contributed by atoms with E-state index in [-0.39, 0.29) is 0 Å². The van der Waals surface area contributed by atoms with Gasteiger partial charge in [-0.15, -0.1) is 0 Å². The summed E-state index contributed by atoms with van der Waals surface area (Å²) in [6.45, 7) is 2.01. The fourth-order valence-electron chi connectivity index (χ4n) is 1.24. The van der Waals surface area contributed by atoms with Crippen LogP contribution in [0.1, 0.15) is 5.56 Å². The molecule has 0 aromatic carbocycles. The minimum Gasteiger partial charge on any atom is -0.330 e. The lowest BCUT2D eigenvalue weighted by Gasteiger charge is -2.01. The van der Waals surface area contributed by atoms with E-state index >= 15 is 0 Å². The van der Waals surface area contributed by atoms with Gasteiger partial charge >= 0.3 is 0 Å². The SMILES string of the molecule is Cc1cncc(-c2ccnc(=S)[nH]2)c1. The Balaban J connectivity index is 2.55. The Bertz CT molecular complexity index is 504. The maximum atomic E-state index is 4.95. The molecule has 0 amide bonds. The van der Waals surface area contributed by atoms with Gasteiger partial charge in [0, 0.05) is 24.2 Å². The average Bonchev–Trinajstić information content (AvgIpc) is 2.18. The number of hydrogen-bond donors (Lipinski definition) is 1. The summed E-state index contributed by atoms with van der Waals surface area (Å²) < 4.78 is 0.490. The number of nitrogens with zero attached hydrogens (tertiary/aromatic N) is 2. The fourth-order valence-corrected chi connectivity index (χ4v) is 1.41. The highest BCUT2D eigenvalue weighted by Gasteiger charge is 1.97. The van der Waals surface area contributed by atoms with Crippen LogP contribution in [0.4, 0.5) is 0 Å². The molecule has 0 spiro atoms. The van der Waals surface area contributed by atoms with Crippen molar-refractivity contribution in [2.24, 2.45) is 0 Å². The highest BCUT2D eigenvalue weighted by atomic mass is 32.1. The molecule has 2 aromatic rings. The molecule has 14 heavy (non-hydrogen) atoms. The zero-order chi connectivity index (χ0) is 9.97. The van der Waals surface area contributed by atoms with Crippen LogP contribution in [0, 0.1) is 11.7 Å². The van der Waals surface area contributed by atoms with Crippen LogP contribution in [0.3, 0.4) is 0 Å². The van der Waals surface area contributed by atoms with E-state index in [1.807, 2.05) is 25.3 Å². The number of pyridine rings is 1. The largest absolute Gasteiger partial charge is 0.330 e. The summed E-state index contributed by atoms with van der Waals surface area (Å²) >= 11 is 4.95. The Morgan fingerprint density at radius 1 is 1.36 bits per heavy atom. The lowest BCUT2D eigenvalue weighted by molar-refractivity contribution is 1.13. The molecule has 0 fully saturated rings. The van der Waals surface area contributed by atoms with Crippen molar-refractivity contribution in [3.05, 3.63) is 41.1 Å². The Hall–Kier alpha value is -1.55. The summed E-state index contributed by atoms with van der Waals surface area (Å²) in [6.07, 6.45) is 5.31. The Morgan fingerprint density at radius 2 is 2.21 bits per heavy atom. The van der Waals surface area contributed by atoms with Gasteiger partial charge in [-0.05, 0) is 36.8 Å². The summed E-state index contributed by atoms with van der Waals surface area (Å²) in [5, 5.41) is 0. The molecule has 1 N–H and O–H groups in total. The second-order valence-electron chi connectivity index (χ2n) is 3.04. The summed E-state index contributed by atoms with van der Waals surface area (Å²) in [5.74, 6) is 0. The van der Waals surface area contributed by atoms with Crippen LogP contribution in [-0.2, 0) is 0 Å². The lowest BCUT2D eigenvalue weighted by Crippen LogP contribution is -1.87. The number of aromatic nitrogens is 3. The second kappa shape index (κ2) is 3.67. The first-order valence-corrected chi connectivity index (χ1v) is 4.64. The monoisotopic (exact) mass is 203 g/mol. The van der Waals surface area contributed by atoms with Gasteiger partial charge in [-0.1, -0.05) is 0 Å². The topological polar surface area (TPSA) is 41.6 Å². The fraction of sp³-hybridized carbons (Fsp3) is 0.100. The van der Waals surface area contributed by atoms with Gasteiger partial charge in [0.2, 0.25) is 0 Å². The van der Waals surface area contributed by atoms with Crippen LogP contribution < -0.4 is 0 Å². The highest BCUT2D eigenvalue weighted by molar-refractivity contribution is 7.71. The summed E-state index contributed by atoms with van der Waals surface area (Å²) in [5.41, 5.74) is 3.10. The van der Waals surface area contributed by atoms with E-state index in [1.54, 1.807) is 12.4 Å². The zero-order valence-electron chi connectivity index (χ0n) is 7.69. The van der Waals surface area contributed by atoms with E-state index in [0.29, 0.717) is 4.77 Å². The molecule has 0 saturated carbocycles. The third-order valence-electron chi connectivity index (χ3n) is 1.86. The average molecular weight is 203 g/mol. The van der Waals surface area contributed by atoms with Crippen LogP contribution in [0.25, 0.3) is 11.3 Å². The Morgan fingerprint density at radius 3 is 2.93 bits per heavy atom. The molecule has 0 aliphatic carbocycles. The molecule has 0 aliphatic heterocycles. The first kappa shape index (κ1) is 9.02. The predicted molar refractivity (Wildman–Crippen MR) is 57.4 cm³/mol. The maximum absolute atomic E-state index is 4.95. The van der Waals surface area contributed by atoms with Crippen LogP contribution in [0.5, 0.6) is 0 Å². The number of aromatic amines is 1. The van der Waals surface area contributed by atoms with Gasteiger partial charge in [0.05, 0.1) is 5.69 Å². The third kappa shape index (κ3) is 1.85. The van der Waals surface area contributed by atoms with Crippen molar-refractivity contribution in [2.75, 3.05) is 0 Å². The minimum absolute atomic E-state index is 0.490. The lowest BCUT2D eigenvalue weighted by atomic mass is 10.1. The number of rotatable bonds is 1. The van der Waals surface area contributed by atoms with E-state index in [4.69, 9.17) is 12.2 Å². The molecular weight excluding hydrogens is 194 g/mol.